The molecule has 0 bridgehead atoms. The summed E-state index contributed by atoms with van der Waals surface area (Å²) >= 11 is 1.70. The summed E-state index contributed by atoms with van der Waals surface area (Å²) in [5.74, 6) is 0.199. The van der Waals surface area contributed by atoms with Crippen molar-refractivity contribution in [3.8, 4) is 5.75 Å². The average molecular weight is 509 g/mol. The van der Waals surface area contributed by atoms with Crippen LogP contribution in [0.15, 0.2) is 60.0 Å². The fourth-order valence-corrected chi connectivity index (χ4v) is 5.34. The molecule has 4 rings (SSSR count). The van der Waals surface area contributed by atoms with E-state index in [2.05, 4.69) is 25.3 Å². The lowest BCUT2D eigenvalue weighted by Crippen LogP contribution is -2.48. The van der Waals surface area contributed by atoms with Gasteiger partial charge < -0.3 is 14.5 Å². The minimum absolute atomic E-state index is 0.0530. The molecule has 5 nitrogen and oxygen atoms in total. The number of carbonyl (C=O) groups excluding carboxylic acids is 2. The van der Waals surface area contributed by atoms with Gasteiger partial charge >= 0.3 is 0 Å². The predicted molar refractivity (Wildman–Crippen MR) is 141 cm³/mol. The SMILES string of the molecule is Cc1ccc(OC[C@H]2c3ccsc3CCN2C(=O)CN(CCC(C)C)C(=O)c2cccc(F)c2)cc1. The minimum atomic E-state index is -0.467. The summed E-state index contributed by atoms with van der Waals surface area (Å²) in [6, 6.07) is 15.4. The Balaban J connectivity index is 1.53. The number of benzene rings is 2. The topological polar surface area (TPSA) is 49.9 Å². The van der Waals surface area contributed by atoms with E-state index in [0.717, 1.165) is 29.7 Å². The summed E-state index contributed by atoms with van der Waals surface area (Å²) in [5, 5.41) is 2.06. The maximum absolute atomic E-state index is 13.8. The summed E-state index contributed by atoms with van der Waals surface area (Å²) in [4.78, 5) is 31.6. The second-order valence-electron chi connectivity index (χ2n) is 9.70. The third-order valence-electron chi connectivity index (χ3n) is 6.51. The van der Waals surface area contributed by atoms with Crippen LogP contribution in [0.25, 0.3) is 0 Å². The Morgan fingerprint density at radius 3 is 2.67 bits per heavy atom. The van der Waals surface area contributed by atoms with E-state index in [4.69, 9.17) is 4.74 Å². The number of thiophene rings is 1. The third-order valence-corrected chi connectivity index (χ3v) is 7.50. The van der Waals surface area contributed by atoms with Crippen molar-refractivity contribution in [3.05, 3.63) is 87.4 Å². The molecule has 2 heterocycles. The standard InChI is InChI=1S/C29H33FN2O3S/c1-20(2)11-14-31(29(34)22-5-4-6-23(30)17-22)18-28(33)32-15-12-27-25(13-16-36-27)26(32)19-35-24-9-7-21(3)8-10-24/h4-10,13,16-17,20,26H,11-12,14-15,18-19H2,1-3H3/t26-/m0/s1. The summed E-state index contributed by atoms with van der Waals surface area (Å²) in [5.41, 5.74) is 2.52. The van der Waals surface area contributed by atoms with Crippen molar-refractivity contribution < 1.29 is 18.7 Å². The van der Waals surface area contributed by atoms with E-state index in [0.29, 0.717) is 25.6 Å². The van der Waals surface area contributed by atoms with Crippen LogP contribution in [-0.4, -0.2) is 47.9 Å². The van der Waals surface area contributed by atoms with Gasteiger partial charge in [0.25, 0.3) is 5.91 Å². The van der Waals surface area contributed by atoms with Gasteiger partial charge in [0.05, 0.1) is 6.04 Å². The quantitative estimate of drug-likeness (QED) is 0.362. The van der Waals surface area contributed by atoms with Crippen LogP contribution in [0, 0.1) is 18.7 Å². The molecular weight excluding hydrogens is 475 g/mol. The molecule has 1 aliphatic rings. The molecule has 3 aromatic rings. The van der Waals surface area contributed by atoms with Crippen LogP contribution in [0.5, 0.6) is 5.75 Å². The molecule has 7 heteroatoms. The van der Waals surface area contributed by atoms with Crippen LogP contribution < -0.4 is 4.74 Å². The lowest BCUT2D eigenvalue weighted by atomic mass is 10.00. The normalized spacial score (nSPS) is 15.0. The summed E-state index contributed by atoms with van der Waals surface area (Å²) in [7, 11) is 0. The second-order valence-corrected chi connectivity index (χ2v) is 10.7. The van der Waals surface area contributed by atoms with Crippen LogP contribution in [-0.2, 0) is 11.2 Å². The summed E-state index contributed by atoms with van der Waals surface area (Å²) in [6.45, 7) is 7.47. The molecule has 1 atom stereocenters. The van der Waals surface area contributed by atoms with E-state index in [1.807, 2.05) is 36.1 Å². The number of nitrogens with zero attached hydrogens (tertiary/aromatic N) is 2. The minimum Gasteiger partial charge on any atom is -0.491 e. The van der Waals surface area contributed by atoms with Crippen molar-refractivity contribution >= 4 is 23.2 Å². The average Bonchev–Trinajstić information content (AvgIpc) is 3.34. The molecule has 190 valence electrons. The van der Waals surface area contributed by atoms with E-state index < -0.39 is 5.82 Å². The van der Waals surface area contributed by atoms with Gasteiger partial charge in [0, 0.05) is 23.5 Å². The van der Waals surface area contributed by atoms with Gasteiger partial charge in [-0.1, -0.05) is 37.6 Å². The number of halogens is 1. The summed E-state index contributed by atoms with van der Waals surface area (Å²) < 4.78 is 19.9. The second kappa shape index (κ2) is 11.7. The zero-order valence-electron chi connectivity index (χ0n) is 21.1. The Labute approximate surface area is 216 Å². The zero-order chi connectivity index (χ0) is 25.7. The van der Waals surface area contributed by atoms with Crippen LogP contribution in [0.1, 0.15) is 52.7 Å². The number of amides is 2. The zero-order valence-corrected chi connectivity index (χ0v) is 21.9. The highest BCUT2D eigenvalue weighted by Gasteiger charge is 2.33. The number of ether oxygens (including phenoxy) is 1. The van der Waals surface area contributed by atoms with Crippen molar-refractivity contribution in [3.63, 3.8) is 0 Å². The highest BCUT2D eigenvalue weighted by molar-refractivity contribution is 7.10. The Morgan fingerprint density at radius 1 is 1.17 bits per heavy atom. The number of rotatable bonds is 9. The van der Waals surface area contributed by atoms with Crippen LogP contribution in [0.4, 0.5) is 4.39 Å². The van der Waals surface area contributed by atoms with Crippen molar-refractivity contribution in [1.29, 1.82) is 0 Å². The number of hydrogen-bond donors (Lipinski definition) is 0. The van der Waals surface area contributed by atoms with E-state index in [1.54, 1.807) is 22.3 Å². The molecule has 0 saturated heterocycles. The number of hydrogen-bond acceptors (Lipinski definition) is 4. The molecule has 36 heavy (non-hydrogen) atoms. The van der Waals surface area contributed by atoms with Crippen molar-refractivity contribution in [2.45, 2.75) is 39.7 Å². The number of fused-ring (bicyclic) bond motifs is 1. The van der Waals surface area contributed by atoms with Gasteiger partial charge in [0.2, 0.25) is 5.91 Å². The first-order valence-corrected chi connectivity index (χ1v) is 13.3. The molecule has 0 aliphatic carbocycles. The Morgan fingerprint density at radius 2 is 1.94 bits per heavy atom. The van der Waals surface area contributed by atoms with Crippen molar-refractivity contribution in [2.24, 2.45) is 5.92 Å². The van der Waals surface area contributed by atoms with Crippen LogP contribution in [0.3, 0.4) is 0 Å². The van der Waals surface area contributed by atoms with Crippen molar-refractivity contribution in [1.82, 2.24) is 9.80 Å². The Hall–Kier alpha value is -3.19. The van der Waals surface area contributed by atoms with E-state index in [9.17, 15) is 14.0 Å². The van der Waals surface area contributed by atoms with Crippen LogP contribution >= 0.6 is 11.3 Å². The maximum atomic E-state index is 13.8. The number of aryl methyl sites for hydroxylation is 1. The fourth-order valence-electron chi connectivity index (χ4n) is 4.41. The lowest BCUT2D eigenvalue weighted by molar-refractivity contribution is -0.135. The maximum Gasteiger partial charge on any atom is 0.254 e. The van der Waals surface area contributed by atoms with Gasteiger partial charge in [0.1, 0.15) is 24.7 Å². The molecule has 0 fully saturated rings. The molecule has 2 aromatic carbocycles. The molecule has 1 aliphatic heterocycles. The monoisotopic (exact) mass is 508 g/mol. The molecule has 0 saturated carbocycles. The van der Waals surface area contributed by atoms with E-state index in [-0.39, 0.29) is 30.0 Å². The molecule has 0 radical (unpaired) electrons. The summed E-state index contributed by atoms with van der Waals surface area (Å²) in [6.07, 6.45) is 1.53. The first-order valence-electron chi connectivity index (χ1n) is 12.4. The molecule has 1 aromatic heterocycles. The number of carbonyl (C=O) groups is 2. The predicted octanol–water partition coefficient (Wildman–Crippen LogP) is 5.89. The molecular formula is C29H33FN2O3S. The Kier molecular flexibility index (Phi) is 8.41. The smallest absolute Gasteiger partial charge is 0.254 e. The van der Waals surface area contributed by atoms with Gasteiger partial charge in [-0.25, -0.2) is 4.39 Å². The molecule has 2 amide bonds. The first kappa shape index (κ1) is 25.9. The van der Waals surface area contributed by atoms with Gasteiger partial charge in [0.15, 0.2) is 0 Å². The molecule has 0 spiro atoms. The highest BCUT2D eigenvalue weighted by atomic mass is 32.1. The molecule has 0 N–H and O–H groups in total. The molecule has 0 unspecified atom stereocenters. The van der Waals surface area contributed by atoms with Crippen LogP contribution in [0.2, 0.25) is 0 Å². The van der Waals surface area contributed by atoms with Gasteiger partial charge in [-0.2, -0.15) is 0 Å². The van der Waals surface area contributed by atoms with Gasteiger partial charge in [-0.3, -0.25) is 9.59 Å². The highest BCUT2D eigenvalue weighted by Crippen LogP contribution is 2.34. The fraction of sp³-hybridized carbons (Fsp3) is 0.379. The van der Waals surface area contributed by atoms with E-state index in [1.165, 1.54) is 23.1 Å². The Bertz CT molecular complexity index is 1190. The van der Waals surface area contributed by atoms with Gasteiger partial charge in [-0.15, -0.1) is 11.3 Å². The first-order chi connectivity index (χ1) is 17.3. The van der Waals surface area contributed by atoms with E-state index >= 15 is 0 Å². The third kappa shape index (κ3) is 6.32. The van der Waals surface area contributed by atoms with Gasteiger partial charge in [-0.05, 0) is 73.0 Å². The largest absolute Gasteiger partial charge is 0.491 e. The van der Waals surface area contributed by atoms with Crippen molar-refractivity contribution in [2.75, 3.05) is 26.2 Å². The lowest BCUT2D eigenvalue weighted by Gasteiger charge is -2.37.